The lowest BCUT2D eigenvalue weighted by molar-refractivity contribution is 0.147. The zero-order chi connectivity index (χ0) is 20.4. The Kier molecular flexibility index (Phi) is 17.8. The Bertz CT molecular complexity index is 409. The summed E-state index contributed by atoms with van der Waals surface area (Å²) in [6, 6.07) is 0. The molecule has 0 rings (SSSR count). The van der Waals surface area contributed by atoms with Crippen LogP contribution in [0.5, 0.6) is 0 Å². The van der Waals surface area contributed by atoms with Crippen molar-refractivity contribution in [2.75, 3.05) is 0 Å². The molecular weight excluding hydrogens is 360 g/mol. The van der Waals surface area contributed by atoms with Gasteiger partial charge in [-0.3, -0.25) is 4.55 Å². The summed E-state index contributed by atoms with van der Waals surface area (Å²) in [6.45, 7) is 4.32. The number of hydrogen-bond acceptors (Lipinski definition) is 3. The van der Waals surface area contributed by atoms with Gasteiger partial charge in [0.1, 0.15) is 0 Å². The van der Waals surface area contributed by atoms with Crippen LogP contribution in [-0.2, 0) is 10.1 Å². The van der Waals surface area contributed by atoms with E-state index in [1.165, 1.54) is 44.9 Å². The fraction of sp³-hybridized carbons (Fsp3) is 1.00. The van der Waals surface area contributed by atoms with Crippen LogP contribution in [0.3, 0.4) is 0 Å². The summed E-state index contributed by atoms with van der Waals surface area (Å²) >= 11 is 0. The van der Waals surface area contributed by atoms with Crippen LogP contribution in [0.2, 0.25) is 0 Å². The molecular formula is C22H46O4S. The van der Waals surface area contributed by atoms with Gasteiger partial charge in [0.2, 0.25) is 0 Å². The Hall–Kier alpha value is -0.130. The third-order valence-electron chi connectivity index (χ3n) is 5.51. The van der Waals surface area contributed by atoms with Crippen LogP contribution >= 0.6 is 0 Å². The summed E-state index contributed by atoms with van der Waals surface area (Å²) in [5.41, 5.74) is 0. The summed E-state index contributed by atoms with van der Waals surface area (Å²) in [4.78, 5) is 0. The van der Waals surface area contributed by atoms with Crippen LogP contribution in [0.1, 0.15) is 129 Å². The molecule has 2 atom stereocenters. The van der Waals surface area contributed by atoms with Crippen LogP contribution in [0.15, 0.2) is 0 Å². The Morgan fingerprint density at radius 3 is 1.41 bits per heavy atom. The van der Waals surface area contributed by atoms with E-state index >= 15 is 0 Å². The molecule has 0 aromatic rings. The monoisotopic (exact) mass is 406 g/mol. The van der Waals surface area contributed by atoms with Gasteiger partial charge in [0.05, 0.1) is 11.4 Å². The van der Waals surface area contributed by atoms with Crippen molar-refractivity contribution >= 4 is 10.1 Å². The molecule has 0 aliphatic heterocycles. The van der Waals surface area contributed by atoms with Crippen molar-refractivity contribution in [3.8, 4) is 0 Å². The third-order valence-corrected chi connectivity index (χ3v) is 6.82. The molecule has 0 amide bonds. The molecule has 0 aliphatic carbocycles. The van der Waals surface area contributed by atoms with E-state index in [4.69, 9.17) is 0 Å². The van der Waals surface area contributed by atoms with Crippen molar-refractivity contribution in [1.82, 2.24) is 0 Å². The topological polar surface area (TPSA) is 74.6 Å². The Morgan fingerprint density at radius 2 is 0.926 bits per heavy atom. The fourth-order valence-electron chi connectivity index (χ4n) is 3.65. The van der Waals surface area contributed by atoms with Crippen LogP contribution in [0, 0.1) is 0 Å². The molecule has 2 N–H and O–H groups in total. The lowest BCUT2D eigenvalue weighted by Crippen LogP contribution is -2.20. The standard InChI is InChI=1S/C22H46O4S/c1-3-5-7-8-9-10-11-14-17-21(23)18-15-12-16-20-22(27(24,25)26)19-13-6-4-2/h21-23H,3-20H2,1-2H3,(H,24,25,26). The highest BCUT2D eigenvalue weighted by atomic mass is 32.2. The van der Waals surface area contributed by atoms with Gasteiger partial charge in [-0.05, 0) is 25.7 Å². The lowest BCUT2D eigenvalue weighted by Gasteiger charge is -2.14. The second kappa shape index (κ2) is 17.9. The molecule has 0 saturated carbocycles. The first-order chi connectivity index (χ1) is 12.9. The first kappa shape index (κ1) is 26.9. The summed E-state index contributed by atoms with van der Waals surface area (Å²) in [7, 11) is -3.92. The summed E-state index contributed by atoms with van der Waals surface area (Å²) < 4.78 is 32.3. The van der Waals surface area contributed by atoms with Gasteiger partial charge in [0.25, 0.3) is 10.1 Å². The van der Waals surface area contributed by atoms with Crippen molar-refractivity contribution in [2.24, 2.45) is 0 Å². The number of aliphatic hydroxyl groups excluding tert-OH is 1. The molecule has 164 valence electrons. The van der Waals surface area contributed by atoms with E-state index in [0.29, 0.717) is 12.8 Å². The molecule has 0 radical (unpaired) electrons. The Morgan fingerprint density at radius 1 is 0.593 bits per heavy atom. The van der Waals surface area contributed by atoms with Gasteiger partial charge in [-0.25, -0.2) is 0 Å². The maximum Gasteiger partial charge on any atom is 0.267 e. The van der Waals surface area contributed by atoms with Crippen molar-refractivity contribution in [1.29, 1.82) is 0 Å². The molecule has 0 aromatic carbocycles. The van der Waals surface area contributed by atoms with E-state index in [2.05, 4.69) is 13.8 Å². The largest absolute Gasteiger partial charge is 0.393 e. The summed E-state index contributed by atoms with van der Waals surface area (Å²) in [5.74, 6) is 0. The van der Waals surface area contributed by atoms with Crippen molar-refractivity contribution < 1.29 is 18.1 Å². The highest BCUT2D eigenvalue weighted by molar-refractivity contribution is 7.86. The first-order valence-electron chi connectivity index (χ1n) is 11.6. The highest BCUT2D eigenvalue weighted by Gasteiger charge is 2.21. The molecule has 0 bridgehead atoms. The second-order valence-electron chi connectivity index (χ2n) is 8.19. The fourth-order valence-corrected chi connectivity index (χ4v) is 4.58. The first-order valence-corrected chi connectivity index (χ1v) is 13.1. The number of unbranched alkanes of at least 4 members (excludes halogenated alkanes) is 11. The number of hydrogen-bond donors (Lipinski definition) is 2. The van der Waals surface area contributed by atoms with Gasteiger partial charge < -0.3 is 5.11 Å². The highest BCUT2D eigenvalue weighted by Crippen LogP contribution is 2.19. The van der Waals surface area contributed by atoms with Gasteiger partial charge in [-0.1, -0.05) is 104 Å². The van der Waals surface area contributed by atoms with Gasteiger partial charge in [0.15, 0.2) is 0 Å². The predicted molar refractivity (Wildman–Crippen MR) is 116 cm³/mol. The zero-order valence-electron chi connectivity index (χ0n) is 18.0. The summed E-state index contributed by atoms with van der Waals surface area (Å²) in [6.07, 6.45) is 18.5. The maximum absolute atomic E-state index is 11.5. The molecule has 2 unspecified atom stereocenters. The van der Waals surface area contributed by atoms with Gasteiger partial charge >= 0.3 is 0 Å². The average molecular weight is 407 g/mol. The van der Waals surface area contributed by atoms with E-state index in [1.807, 2.05) is 0 Å². The number of rotatable bonds is 20. The predicted octanol–water partition coefficient (Wildman–Crippen LogP) is 6.67. The number of aliphatic hydroxyl groups is 1. The van der Waals surface area contributed by atoms with Gasteiger partial charge in [-0.2, -0.15) is 8.42 Å². The molecule has 0 saturated heterocycles. The minimum atomic E-state index is -3.92. The summed E-state index contributed by atoms with van der Waals surface area (Å²) in [5, 5.41) is 9.46. The van der Waals surface area contributed by atoms with Crippen molar-refractivity contribution in [3.63, 3.8) is 0 Å². The molecule has 27 heavy (non-hydrogen) atoms. The van der Waals surface area contributed by atoms with Gasteiger partial charge in [-0.15, -0.1) is 0 Å². The Labute approximate surface area is 169 Å². The zero-order valence-corrected chi connectivity index (χ0v) is 18.8. The van der Waals surface area contributed by atoms with Gasteiger partial charge in [0, 0.05) is 0 Å². The smallest absolute Gasteiger partial charge is 0.267 e. The SMILES string of the molecule is CCCCCCCCCCC(O)CCCCCC(CCCCC)S(=O)(=O)O. The third kappa shape index (κ3) is 17.7. The van der Waals surface area contributed by atoms with Crippen LogP contribution in [-0.4, -0.2) is 29.4 Å². The van der Waals surface area contributed by atoms with E-state index in [9.17, 15) is 18.1 Å². The maximum atomic E-state index is 11.5. The van der Waals surface area contributed by atoms with Crippen LogP contribution < -0.4 is 0 Å². The van der Waals surface area contributed by atoms with Crippen molar-refractivity contribution in [2.45, 2.75) is 141 Å². The lowest BCUT2D eigenvalue weighted by atomic mass is 10.0. The normalized spacial score (nSPS) is 14.4. The quantitative estimate of drug-likeness (QED) is 0.175. The van der Waals surface area contributed by atoms with Crippen LogP contribution in [0.25, 0.3) is 0 Å². The average Bonchev–Trinajstić information content (AvgIpc) is 2.61. The molecule has 0 fully saturated rings. The molecule has 0 heterocycles. The van der Waals surface area contributed by atoms with E-state index in [1.54, 1.807) is 0 Å². The second-order valence-corrected chi connectivity index (χ2v) is 9.88. The van der Waals surface area contributed by atoms with E-state index < -0.39 is 15.4 Å². The molecule has 0 aliphatic rings. The molecule has 4 nitrogen and oxygen atoms in total. The van der Waals surface area contributed by atoms with Crippen molar-refractivity contribution in [3.05, 3.63) is 0 Å². The Balaban J connectivity index is 3.63. The van der Waals surface area contributed by atoms with E-state index in [-0.39, 0.29) is 6.10 Å². The van der Waals surface area contributed by atoms with Crippen LogP contribution in [0.4, 0.5) is 0 Å². The molecule has 5 heteroatoms. The minimum absolute atomic E-state index is 0.216. The molecule has 0 aromatic heterocycles. The molecule has 0 spiro atoms. The minimum Gasteiger partial charge on any atom is -0.393 e. The van der Waals surface area contributed by atoms with E-state index in [0.717, 1.165) is 57.8 Å².